The Morgan fingerprint density at radius 1 is 0.923 bits per heavy atom. The average molecular weight is 743 g/mol. The lowest BCUT2D eigenvalue weighted by Crippen LogP contribution is -2.52. The smallest absolute Gasteiger partial charge is 0.356 e. The molecule has 0 bridgehead atoms. The quantitative estimate of drug-likeness (QED) is 0.117. The van der Waals surface area contributed by atoms with E-state index < -0.39 is 87.4 Å². The molecule has 2 saturated carbocycles. The van der Waals surface area contributed by atoms with E-state index >= 15 is 0 Å². The number of fused-ring (bicyclic) bond motifs is 1. The Labute approximate surface area is 299 Å². The van der Waals surface area contributed by atoms with Crippen LogP contribution >= 0.6 is 0 Å². The van der Waals surface area contributed by atoms with E-state index in [4.69, 9.17) is 0 Å². The van der Waals surface area contributed by atoms with Gasteiger partial charge in [0, 0.05) is 52.8 Å². The number of allylic oxidation sites excluding steroid dienone is 11. The third-order valence-corrected chi connectivity index (χ3v) is 9.29. The summed E-state index contributed by atoms with van der Waals surface area (Å²) >= 11 is 0. The second-order valence-electron chi connectivity index (χ2n) is 12.4. The van der Waals surface area contributed by atoms with Crippen LogP contribution in [-0.2, 0) is 24.0 Å². The third-order valence-electron chi connectivity index (χ3n) is 9.29. The highest BCUT2D eigenvalue weighted by Crippen LogP contribution is 2.61. The van der Waals surface area contributed by atoms with Crippen molar-refractivity contribution in [3.05, 3.63) is 75.4 Å². The number of hydrogen-bond acceptors (Lipinski definition) is 6. The van der Waals surface area contributed by atoms with Gasteiger partial charge in [-0.1, -0.05) is 64.8 Å². The van der Waals surface area contributed by atoms with Gasteiger partial charge in [-0.25, -0.2) is 0 Å². The maximum Gasteiger partial charge on any atom is 0.411 e. The van der Waals surface area contributed by atoms with Gasteiger partial charge >= 0.3 is 12.4 Å². The SMILES string of the molecule is CC.CCC(CC)NC=O.C\C1=C/C(C(C2=CCC=C3C(=O)C(C(=O)NC4CCCC4)C(=O)C3=C2)(C(F)(F)F)C(F)(F)F)=C\C=C\C(=O)C(C)[N+]1=O. The van der Waals surface area contributed by atoms with E-state index in [0.29, 0.717) is 55.3 Å². The summed E-state index contributed by atoms with van der Waals surface area (Å²) in [5.74, 6) is -5.93. The van der Waals surface area contributed by atoms with Gasteiger partial charge in [-0.2, -0.15) is 26.3 Å². The molecule has 2 atom stereocenters. The standard InChI is InChI=1S/C29H26F6N2O5.C6H13NO.C2H6/c1-15-13-17(8-6-12-22(38)16(2)37(15)42)27(28(30,31)32,29(33,34)35)18-7-5-11-20-21(14-18)25(40)23(24(20)39)26(41)36-19-9-3-4-10-19;1-3-6(4-2)7-5-8;1-2/h6-8,11-14,16,19,23H,3-5,9-10H2,1-2H3;5-6H,3-4H2,1-2H3,(H,7,8);1-2H3/p+1/b12-6+,15-13+,17-8+;;. The minimum atomic E-state index is -6.09. The molecular weight excluding hydrogens is 696 g/mol. The van der Waals surface area contributed by atoms with E-state index in [0.717, 1.165) is 52.0 Å². The van der Waals surface area contributed by atoms with Gasteiger partial charge in [0.15, 0.2) is 17.5 Å². The largest absolute Gasteiger partial charge is 0.411 e. The molecule has 2 unspecified atom stereocenters. The number of carbonyl (C=O) groups excluding carboxylic acids is 5. The van der Waals surface area contributed by atoms with Gasteiger partial charge in [-0.15, -0.1) is 0 Å². The van der Waals surface area contributed by atoms with Crippen LogP contribution in [0.2, 0.25) is 0 Å². The molecule has 0 saturated heterocycles. The highest BCUT2D eigenvalue weighted by Gasteiger charge is 2.74. The Kier molecular flexibility index (Phi) is 15.4. The molecule has 0 aromatic heterocycles. The highest BCUT2D eigenvalue weighted by atomic mass is 19.4. The zero-order chi connectivity index (χ0) is 39.6. The molecule has 9 nitrogen and oxygen atoms in total. The summed E-state index contributed by atoms with van der Waals surface area (Å²) in [6.45, 7) is 10.2. The second kappa shape index (κ2) is 18.4. The molecule has 2 fully saturated rings. The van der Waals surface area contributed by atoms with Gasteiger partial charge in [-0.3, -0.25) is 24.0 Å². The molecule has 0 aromatic carbocycles. The molecule has 0 spiro atoms. The number of halogens is 6. The van der Waals surface area contributed by atoms with Crippen molar-refractivity contribution in [3.63, 3.8) is 0 Å². The molecule has 15 heteroatoms. The molecule has 3 aliphatic carbocycles. The van der Waals surface area contributed by atoms with E-state index in [2.05, 4.69) is 24.5 Å². The lowest BCUT2D eigenvalue weighted by molar-refractivity contribution is -0.520. The van der Waals surface area contributed by atoms with Gasteiger partial charge in [0.25, 0.3) is 6.04 Å². The lowest BCUT2D eigenvalue weighted by atomic mass is 9.70. The number of nitrogens with one attached hydrogen (secondary N) is 2. The number of rotatable bonds is 8. The Bertz CT molecular complexity index is 1570. The molecule has 286 valence electrons. The number of amides is 2. The van der Waals surface area contributed by atoms with Crippen molar-refractivity contribution in [1.82, 2.24) is 10.6 Å². The molecule has 0 radical (unpaired) electrons. The maximum absolute atomic E-state index is 15.0. The maximum atomic E-state index is 15.0. The van der Waals surface area contributed by atoms with Crippen LogP contribution in [0.1, 0.15) is 86.5 Å². The third kappa shape index (κ3) is 9.13. The molecule has 1 aliphatic heterocycles. The topological polar surface area (TPSA) is 129 Å². The lowest BCUT2D eigenvalue weighted by Gasteiger charge is -2.39. The molecule has 2 N–H and O–H groups in total. The van der Waals surface area contributed by atoms with Gasteiger partial charge in [0.1, 0.15) is 0 Å². The molecule has 2 amide bonds. The predicted molar refractivity (Wildman–Crippen MR) is 181 cm³/mol. The molecule has 52 heavy (non-hydrogen) atoms. The summed E-state index contributed by atoms with van der Waals surface area (Å²) in [7, 11) is 0. The summed E-state index contributed by atoms with van der Waals surface area (Å²) in [4.78, 5) is 73.8. The first kappa shape index (κ1) is 43.7. The average Bonchev–Trinajstić information content (AvgIpc) is 3.60. The van der Waals surface area contributed by atoms with E-state index in [1.54, 1.807) is 0 Å². The summed E-state index contributed by atoms with van der Waals surface area (Å²) in [6, 6.07) is -1.33. The minimum Gasteiger partial charge on any atom is -0.356 e. The Morgan fingerprint density at radius 3 is 1.98 bits per heavy atom. The fourth-order valence-corrected chi connectivity index (χ4v) is 6.41. The van der Waals surface area contributed by atoms with E-state index in [1.807, 2.05) is 13.8 Å². The Hall–Kier alpha value is -4.43. The van der Waals surface area contributed by atoms with Crippen LogP contribution in [0.4, 0.5) is 26.3 Å². The van der Waals surface area contributed by atoms with E-state index in [9.17, 15) is 55.2 Å². The van der Waals surface area contributed by atoms with E-state index in [1.165, 1.54) is 0 Å². The zero-order valence-electron chi connectivity index (χ0n) is 30.0. The van der Waals surface area contributed by atoms with Crippen molar-refractivity contribution in [1.29, 1.82) is 0 Å². The van der Waals surface area contributed by atoms with Crippen molar-refractivity contribution in [2.75, 3.05) is 0 Å². The van der Waals surface area contributed by atoms with Gasteiger partial charge in [0.2, 0.25) is 29.2 Å². The van der Waals surface area contributed by atoms with Crippen LogP contribution in [0.15, 0.2) is 70.5 Å². The molecule has 0 aromatic rings. The summed E-state index contributed by atoms with van der Waals surface area (Å²) in [6.07, 6.45) is -2.85. The van der Waals surface area contributed by atoms with Crippen molar-refractivity contribution in [3.8, 4) is 0 Å². The second-order valence-corrected chi connectivity index (χ2v) is 12.4. The van der Waals surface area contributed by atoms with Crippen LogP contribution in [0, 0.1) is 16.2 Å². The monoisotopic (exact) mass is 742 g/mol. The summed E-state index contributed by atoms with van der Waals surface area (Å²) in [5, 5.41) is 5.29. The fraction of sp³-hybridized carbons (Fsp3) is 0.541. The minimum absolute atomic E-state index is 0.00958. The van der Waals surface area contributed by atoms with E-state index in [-0.39, 0.29) is 10.8 Å². The number of carbonyl (C=O) groups is 5. The first-order valence-electron chi connectivity index (χ1n) is 17.3. The normalized spacial score (nSPS) is 24.0. The van der Waals surface area contributed by atoms with Crippen molar-refractivity contribution in [2.45, 2.75) is 117 Å². The van der Waals surface area contributed by atoms with Gasteiger partial charge in [0.05, 0.1) is 0 Å². The van der Waals surface area contributed by atoms with Crippen LogP contribution in [0.5, 0.6) is 0 Å². The predicted octanol–water partition coefficient (Wildman–Crippen LogP) is 7.19. The fourth-order valence-electron chi connectivity index (χ4n) is 6.41. The Morgan fingerprint density at radius 2 is 1.48 bits per heavy atom. The van der Waals surface area contributed by atoms with Crippen LogP contribution in [-0.4, -0.2) is 64.9 Å². The number of Topliss-reactive ketones (excluding diaryl/α,β-unsaturated/α-hetero) is 2. The van der Waals surface area contributed by atoms with Crippen LogP contribution < -0.4 is 10.6 Å². The molecule has 4 rings (SSSR count). The van der Waals surface area contributed by atoms with Crippen molar-refractivity contribution < 1.29 is 55.1 Å². The number of alkyl halides is 6. The highest BCUT2D eigenvalue weighted by molar-refractivity contribution is 6.37. The number of nitroso groups, excluding NO2 is 1. The molecule has 4 aliphatic rings. The van der Waals surface area contributed by atoms with Crippen LogP contribution in [0.25, 0.3) is 0 Å². The molecular formula is C37H46F6N3O6+. The van der Waals surface area contributed by atoms with Gasteiger partial charge in [-0.05, 0) is 55.4 Å². The van der Waals surface area contributed by atoms with Gasteiger partial charge < -0.3 is 10.6 Å². The summed E-state index contributed by atoms with van der Waals surface area (Å²) in [5.41, 5.74) is -9.40. The van der Waals surface area contributed by atoms with Crippen molar-refractivity contribution >= 4 is 29.7 Å². The Balaban J connectivity index is 0.000000827. The summed E-state index contributed by atoms with van der Waals surface area (Å²) < 4.78 is 89.8. The first-order valence-corrected chi connectivity index (χ1v) is 17.3. The molecule has 1 heterocycles. The number of ketones is 3. The first-order chi connectivity index (χ1) is 24.4. The van der Waals surface area contributed by atoms with Crippen LogP contribution in [0.3, 0.4) is 0 Å². The number of nitrogens with zero attached hydrogens (tertiary/aromatic N) is 1. The van der Waals surface area contributed by atoms with Crippen molar-refractivity contribution in [2.24, 2.45) is 11.3 Å². The number of hydrogen-bond donors (Lipinski definition) is 2. The zero-order valence-corrected chi connectivity index (χ0v) is 30.0.